The van der Waals surface area contributed by atoms with E-state index < -0.39 is 0 Å². The van der Waals surface area contributed by atoms with Crippen molar-refractivity contribution in [3.63, 3.8) is 0 Å². The third-order valence-electron chi connectivity index (χ3n) is 5.49. The molecule has 0 radical (unpaired) electrons. The van der Waals surface area contributed by atoms with Crippen LogP contribution < -0.4 is 4.74 Å². The number of fused-ring (bicyclic) bond motifs is 1. The van der Waals surface area contributed by atoms with Gasteiger partial charge in [0.2, 0.25) is 5.91 Å². The highest BCUT2D eigenvalue weighted by molar-refractivity contribution is 5.79. The van der Waals surface area contributed by atoms with Crippen molar-refractivity contribution in [2.24, 2.45) is 0 Å². The first-order valence-corrected chi connectivity index (χ1v) is 9.15. The maximum absolute atomic E-state index is 13.0. The zero-order valence-electron chi connectivity index (χ0n) is 15.5. The van der Waals surface area contributed by atoms with Crippen LogP contribution in [0.5, 0.6) is 5.75 Å². The van der Waals surface area contributed by atoms with E-state index in [1.165, 1.54) is 5.56 Å². The van der Waals surface area contributed by atoms with Crippen molar-refractivity contribution in [1.29, 1.82) is 0 Å². The number of nitrogens with one attached hydrogen (secondary N) is 1. The van der Waals surface area contributed by atoms with Crippen LogP contribution in [0.3, 0.4) is 0 Å². The summed E-state index contributed by atoms with van der Waals surface area (Å²) in [6, 6.07) is 6.00. The average molecular weight is 355 g/mol. The molecule has 4 rings (SSSR count). The van der Waals surface area contributed by atoms with Gasteiger partial charge in [-0.3, -0.25) is 4.79 Å². The van der Waals surface area contributed by atoms with Crippen molar-refractivity contribution in [3.8, 4) is 5.75 Å². The molecular formula is C20H25N3O3. The number of aromatic nitrogens is 2. The number of rotatable bonds is 4. The third-order valence-corrected chi connectivity index (χ3v) is 5.49. The predicted molar refractivity (Wildman–Crippen MR) is 97.3 cm³/mol. The molecule has 3 heterocycles. The molecule has 1 saturated heterocycles. The number of hydrogen-bond donors (Lipinski definition) is 1. The normalized spacial score (nSPS) is 21.7. The van der Waals surface area contributed by atoms with Gasteiger partial charge in [0, 0.05) is 32.2 Å². The molecule has 0 unspecified atom stereocenters. The van der Waals surface area contributed by atoms with Crippen LogP contribution in [0.1, 0.15) is 40.8 Å². The molecule has 2 aliphatic heterocycles. The quantitative estimate of drug-likeness (QED) is 0.915. The van der Waals surface area contributed by atoms with Crippen LogP contribution in [-0.2, 0) is 22.4 Å². The van der Waals surface area contributed by atoms with Crippen LogP contribution in [0.25, 0.3) is 0 Å². The van der Waals surface area contributed by atoms with E-state index >= 15 is 0 Å². The Morgan fingerprint density at radius 3 is 3.00 bits per heavy atom. The summed E-state index contributed by atoms with van der Waals surface area (Å²) in [4.78, 5) is 22.9. The Morgan fingerprint density at radius 1 is 1.42 bits per heavy atom. The van der Waals surface area contributed by atoms with Gasteiger partial charge < -0.3 is 19.4 Å². The van der Waals surface area contributed by atoms with Crippen LogP contribution in [-0.4, -0.2) is 47.1 Å². The number of nitrogens with zero attached hydrogens (tertiary/aromatic N) is 2. The van der Waals surface area contributed by atoms with Gasteiger partial charge in [0.15, 0.2) is 0 Å². The summed E-state index contributed by atoms with van der Waals surface area (Å²) < 4.78 is 11.1. The number of carbonyl (C=O) groups is 1. The van der Waals surface area contributed by atoms with E-state index in [1.807, 2.05) is 30.9 Å². The first-order chi connectivity index (χ1) is 12.5. The standard InChI is InChI=1S/C20H25N3O3/c1-12-13(2)22-20(21-12)17-10-16(25-3)11-23(17)19(24)9-14-4-5-18-15(8-14)6-7-26-18/h4-5,8,16-17H,6-7,9-11H2,1-3H3,(H,21,22)/t16-,17+/m1/s1. The Labute approximate surface area is 153 Å². The molecule has 1 aromatic heterocycles. The molecule has 0 aliphatic carbocycles. The monoisotopic (exact) mass is 355 g/mol. The minimum absolute atomic E-state index is 0.0445. The van der Waals surface area contributed by atoms with E-state index in [0.717, 1.165) is 48.0 Å². The van der Waals surface area contributed by atoms with E-state index in [0.29, 0.717) is 13.0 Å². The molecule has 26 heavy (non-hydrogen) atoms. The van der Waals surface area contributed by atoms with E-state index in [9.17, 15) is 4.79 Å². The summed E-state index contributed by atoms with van der Waals surface area (Å²) in [5.41, 5.74) is 4.25. The zero-order chi connectivity index (χ0) is 18.3. The van der Waals surface area contributed by atoms with Crippen molar-refractivity contribution in [2.45, 2.75) is 45.3 Å². The molecule has 2 aromatic rings. The molecule has 138 valence electrons. The topological polar surface area (TPSA) is 67.5 Å². The number of likely N-dealkylation sites (tertiary alicyclic amines) is 1. The molecule has 1 N–H and O–H groups in total. The van der Waals surface area contributed by atoms with Crippen LogP contribution in [0.4, 0.5) is 0 Å². The highest BCUT2D eigenvalue weighted by Crippen LogP contribution is 2.33. The van der Waals surface area contributed by atoms with Crippen molar-refractivity contribution in [2.75, 3.05) is 20.3 Å². The number of aryl methyl sites for hydroxylation is 2. The molecule has 1 aromatic carbocycles. The van der Waals surface area contributed by atoms with Gasteiger partial charge in [-0.15, -0.1) is 0 Å². The van der Waals surface area contributed by atoms with Crippen LogP contribution in [0.15, 0.2) is 18.2 Å². The summed E-state index contributed by atoms with van der Waals surface area (Å²) in [6.45, 7) is 5.32. The van der Waals surface area contributed by atoms with Gasteiger partial charge in [0.05, 0.1) is 30.9 Å². The molecule has 6 nitrogen and oxygen atoms in total. The summed E-state index contributed by atoms with van der Waals surface area (Å²) in [6.07, 6.45) is 2.12. The lowest BCUT2D eigenvalue weighted by Gasteiger charge is -2.23. The molecule has 0 saturated carbocycles. The third kappa shape index (κ3) is 3.09. The van der Waals surface area contributed by atoms with Gasteiger partial charge in [0.1, 0.15) is 11.6 Å². The number of hydrogen-bond acceptors (Lipinski definition) is 4. The SMILES string of the molecule is CO[C@@H]1C[C@@H](c2nc(C)c(C)[nH]2)N(C(=O)Cc2ccc3c(c2)CCO3)C1. The predicted octanol–water partition coefficient (Wildman–Crippen LogP) is 2.49. The van der Waals surface area contributed by atoms with E-state index in [-0.39, 0.29) is 18.1 Å². The first kappa shape index (κ1) is 17.1. The van der Waals surface area contributed by atoms with Gasteiger partial charge in [-0.05, 0) is 31.0 Å². The van der Waals surface area contributed by atoms with Gasteiger partial charge in [0.25, 0.3) is 0 Å². The van der Waals surface area contributed by atoms with Gasteiger partial charge in [-0.2, -0.15) is 0 Å². The van der Waals surface area contributed by atoms with Crippen molar-refractivity contribution in [1.82, 2.24) is 14.9 Å². The molecule has 0 spiro atoms. The summed E-state index contributed by atoms with van der Waals surface area (Å²) in [5, 5.41) is 0. The number of methoxy groups -OCH3 is 1. The average Bonchev–Trinajstić information content (AvgIpc) is 3.33. The second-order valence-electron chi connectivity index (χ2n) is 7.21. The lowest BCUT2D eigenvalue weighted by molar-refractivity contribution is -0.131. The minimum atomic E-state index is -0.0578. The van der Waals surface area contributed by atoms with Crippen molar-refractivity contribution in [3.05, 3.63) is 46.5 Å². The Balaban J connectivity index is 1.54. The van der Waals surface area contributed by atoms with E-state index in [2.05, 4.69) is 16.0 Å². The van der Waals surface area contributed by atoms with Gasteiger partial charge >= 0.3 is 0 Å². The number of benzene rings is 1. The number of H-pyrrole nitrogens is 1. The highest BCUT2D eigenvalue weighted by Gasteiger charge is 2.38. The zero-order valence-corrected chi connectivity index (χ0v) is 15.5. The number of amides is 1. The number of ether oxygens (including phenoxy) is 2. The number of carbonyl (C=O) groups excluding carboxylic acids is 1. The summed E-state index contributed by atoms with van der Waals surface area (Å²) >= 11 is 0. The van der Waals surface area contributed by atoms with Gasteiger partial charge in [-0.25, -0.2) is 4.98 Å². The highest BCUT2D eigenvalue weighted by atomic mass is 16.5. The van der Waals surface area contributed by atoms with Crippen LogP contribution in [0.2, 0.25) is 0 Å². The Bertz CT molecular complexity index is 810. The van der Waals surface area contributed by atoms with E-state index in [4.69, 9.17) is 9.47 Å². The summed E-state index contributed by atoms with van der Waals surface area (Å²) in [5.74, 6) is 1.91. The lowest BCUT2D eigenvalue weighted by Crippen LogP contribution is -2.33. The van der Waals surface area contributed by atoms with Crippen molar-refractivity contribution >= 4 is 5.91 Å². The van der Waals surface area contributed by atoms with E-state index in [1.54, 1.807) is 7.11 Å². The maximum atomic E-state index is 13.0. The molecule has 1 amide bonds. The first-order valence-electron chi connectivity index (χ1n) is 9.15. The Morgan fingerprint density at radius 2 is 2.27 bits per heavy atom. The molecule has 0 bridgehead atoms. The second kappa shape index (κ2) is 6.76. The Kier molecular flexibility index (Phi) is 4.44. The fourth-order valence-electron chi connectivity index (χ4n) is 3.86. The molecule has 2 atom stereocenters. The Hall–Kier alpha value is -2.34. The number of aromatic amines is 1. The lowest BCUT2D eigenvalue weighted by atomic mass is 10.1. The summed E-state index contributed by atoms with van der Waals surface area (Å²) in [7, 11) is 1.70. The fourth-order valence-corrected chi connectivity index (χ4v) is 3.86. The molecular weight excluding hydrogens is 330 g/mol. The molecule has 6 heteroatoms. The minimum Gasteiger partial charge on any atom is -0.493 e. The van der Waals surface area contributed by atoms with Crippen LogP contribution in [0, 0.1) is 13.8 Å². The fraction of sp³-hybridized carbons (Fsp3) is 0.500. The smallest absolute Gasteiger partial charge is 0.227 e. The van der Waals surface area contributed by atoms with Crippen molar-refractivity contribution < 1.29 is 14.3 Å². The maximum Gasteiger partial charge on any atom is 0.227 e. The largest absolute Gasteiger partial charge is 0.493 e. The second-order valence-corrected chi connectivity index (χ2v) is 7.21. The van der Waals surface area contributed by atoms with Crippen LogP contribution >= 0.6 is 0 Å². The van der Waals surface area contributed by atoms with Gasteiger partial charge in [-0.1, -0.05) is 12.1 Å². The molecule has 2 aliphatic rings. The number of imidazole rings is 1. The molecule has 1 fully saturated rings.